The van der Waals surface area contributed by atoms with Crippen molar-refractivity contribution in [3.05, 3.63) is 35.4 Å². The molecule has 0 spiro atoms. The molecule has 1 saturated heterocycles. The predicted molar refractivity (Wildman–Crippen MR) is 75.8 cm³/mol. The van der Waals surface area contributed by atoms with Crippen LogP contribution in [0, 0.1) is 17.6 Å². The first-order valence-electron chi connectivity index (χ1n) is 6.54. The summed E-state index contributed by atoms with van der Waals surface area (Å²) in [6.07, 6.45) is 1.56. The Morgan fingerprint density at radius 2 is 2.00 bits per heavy atom. The lowest BCUT2D eigenvalue weighted by Gasteiger charge is -2.24. The lowest BCUT2D eigenvalue weighted by Crippen LogP contribution is -2.39. The van der Waals surface area contributed by atoms with Gasteiger partial charge in [-0.25, -0.2) is 8.78 Å². The average Bonchev–Trinajstić information content (AvgIpc) is 2.42. The molecule has 0 radical (unpaired) electrons. The largest absolute Gasteiger partial charge is 0.349 e. The van der Waals surface area contributed by atoms with E-state index < -0.39 is 17.7 Å². The van der Waals surface area contributed by atoms with Gasteiger partial charge in [-0.3, -0.25) is 4.79 Å². The molecule has 1 fully saturated rings. The first kappa shape index (κ1) is 16.9. The van der Waals surface area contributed by atoms with Crippen LogP contribution in [0.5, 0.6) is 0 Å². The molecule has 1 aromatic rings. The summed E-state index contributed by atoms with van der Waals surface area (Å²) >= 11 is 0. The molecule has 1 aromatic carbocycles. The molecule has 2 N–H and O–H groups in total. The molecule has 0 bridgehead atoms. The second-order valence-corrected chi connectivity index (χ2v) is 4.90. The minimum Gasteiger partial charge on any atom is -0.349 e. The summed E-state index contributed by atoms with van der Waals surface area (Å²) < 4.78 is 26.7. The van der Waals surface area contributed by atoms with Gasteiger partial charge in [0.15, 0.2) is 11.6 Å². The fraction of sp³-hybridized carbons (Fsp3) is 0.500. The molecular weight excluding hydrogens is 286 g/mol. The number of rotatable bonds is 3. The van der Waals surface area contributed by atoms with Gasteiger partial charge in [-0.1, -0.05) is 12.1 Å². The third-order valence-electron chi connectivity index (χ3n) is 3.52. The molecular formula is C14H19ClF2N2O. The van der Waals surface area contributed by atoms with E-state index in [1.165, 1.54) is 12.1 Å². The Bertz CT molecular complexity index is 464. The summed E-state index contributed by atoms with van der Waals surface area (Å²) in [5.74, 6) is -1.90. The fourth-order valence-electron chi connectivity index (χ4n) is 2.35. The Labute approximate surface area is 123 Å². The zero-order valence-corrected chi connectivity index (χ0v) is 12.1. The van der Waals surface area contributed by atoms with E-state index in [4.69, 9.17) is 0 Å². The Kier molecular flexibility index (Phi) is 6.36. The van der Waals surface area contributed by atoms with Crippen LogP contribution in [0.15, 0.2) is 18.2 Å². The lowest BCUT2D eigenvalue weighted by molar-refractivity contribution is -0.126. The number of nitrogens with one attached hydrogen (secondary N) is 2. The molecule has 1 aliphatic rings. The highest BCUT2D eigenvalue weighted by atomic mass is 35.5. The van der Waals surface area contributed by atoms with Crippen LogP contribution in [-0.4, -0.2) is 19.0 Å². The van der Waals surface area contributed by atoms with Gasteiger partial charge in [0.2, 0.25) is 5.91 Å². The molecule has 6 heteroatoms. The number of carbonyl (C=O) groups excluding carboxylic acids is 1. The minimum atomic E-state index is -0.888. The second kappa shape index (κ2) is 7.55. The van der Waals surface area contributed by atoms with Gasteiger partial charge in [0.25, 0.3) is 0 Å². The summed E-state index contributed by atoms with van der Waals surface area (Å²) in [6, 6.07) is 3.48. The molecule has 1 unspecified atom stereocenters. The zero-order valence-electron chi connectivity index (χ0n) is 11.3. The topological polar surface area (TPSA) is 41.1 Å². The van der Waals surface area contributed by atoms with Crippen LogP contribution in [0.3, 0.4) is 0 Å². The first-order chi connectivity index (χ1) is 9.09. The van der Waals surface area contributed by atoms with Crippen LogP contribution in [0.2, 0.25) is 0 Å². The van der Waals surface area contributed by atoms with Crippen LogP contribution < -0.4 is 10.6 Å². The normalized spacial score (nSPS) is 17.1. The van der Waals surface area contributed by atoms with Crippen LogP contribution in [0.25, 0.3) is 0 Å². The first-order valence-corrected chi connectivity index (χ1v) is 6.54. The van der Waals surface area contributed by atoms with E-state index in [-0.39, 0.29) is 29.8 Å². The highest BCUT2D eigenvalue weighted by Crippen LogP contribution is 2.20. The smallest absolute Gasteiger partial charge is 0.223 e. The van der Waals surface area contributed by atoms with E-state index in [0.717, 1.165) is 32.0 Å². The number of hydrogen-bond acceptors (Lipinski definition) is 2. The van der Waals surface area contributed by atoms with Crippen molar-refractivity contribution >= 4 is 18.3 Å². The van der Waals surface area contributed by atoms with E-state index in [2.05, 4.69) is 10.6 Å². The van der Waals surface area contributed by atoms with Crippen molar-refractivity contribution in [3.63, 3.8) is 0 Å². The van der Waals surface area contributed by atoms with Gasteiger partial charge in [0.1, 0.15) is 0 Å². The SMILES string of the molecule is CC(NC(=O)C1CCNCC1)c1cccc(F)c1F.Cl. The fourth-order valence-corrected chi connectivity index (χ4v) is 2.35. The van der Waals surface area contributed by atoms with Gasteiger partial charge in [0, 0.05) is 11.5 Å². The highest BCUT2D eigenvalue weighted by Gasteiger charge is 2.23. The summed E-state index contributed by atoms with van der Waals surface area (Å²) in [4.78, 5) is 12.0. The summed E-state index contributed by atoms with van der Waals surface area (Å²) in [5, 5.41) is 5.94. The van der Waals surface area contributed by atoms with Crippen molar-refractivity contribution in [1.29, 1.82) is 0 Å². The predicted octanol–water partition coefficient (Wildman–Crippen LogP) is 2.56. The number of carbonyl (C=O) groups is 1. The minimum absolute atomic E-state index is 0. The third-order valence-corrected chi connectivity index (χ3v) is 3.52. The summed E-state index contributed by atoms with van der Waals surface area (Å²) in [5.41, 5.74) is 0.183. The van der Waals surface area contributed by atoms with Gasteiger partial charge < -0.3 is 10.6 Å². The highest BCUT2D eigenvalue weighted by molar-refractivity contribution is 5.85. The second-order valence-electron chi connectivity index (χ2n) is 4.90. The molecule has 112 valence electrons. The Hall–Kier alpha value is -1.20. The number of halogens is 3. The van der Waals surface area contributed by atoms with Gasteiger partial charge in [-0.05, 0) is 38.9 Å². The maximum absolute atomic E-state index is 13.6. The van der Waals surface area contributed by atoms with Crippen molar-refractivity contribution in [1.82, 2.24) is 10.6 Å². The van der Waals surface area contributed by atoms with Crippen molar-refractivity contribution in [2.24, 2.45) is 5.92 Å². The maximum atomic E-state index is 13.6. The zero-order chi connectivity index (χ0) is 13.8. The maximum Gasteiger partial charge on any atom is 0.223 e. The lowest BCUT2D eigenvalue weighted by atomic mass is 9.96. The molecule has 1 amide bonds. The molecule has 2 rings (SSSR count). The number of hydrogen-bond donors (Lipinski definition) is 2. The van der Waals surface area contributed by atoms with Gasteiger partial charge in [0.05, 0.1) is 6.04 Å². The Balaban J connectivity index is 0.00000200. The Morgan fingerprint density at radius 3 is 2.65 bits per heavy atom. The van der Waals surface area contributed by atoms with Crippen molar-refractivity contribution in [2.75, 3.05) is 13.1 Å². The van der Waals surface area contributed by atoms with E-state index >= 15 is 0 Å². The molecule has 1 aliphatic heterocycles. The van der Waals surface area contributed by atoms with E-state index in [1.54, 1.807) is 6.92 Å². The summed E-state index contributed by atoms with van der Waals surface area (Å²) in [6.45, 7) is 3.30. The Morgan fingerprint density at radius 1 is 1.35 bits per heavy atom. The van der Waals surface area contributed by atoms with Crippen molar-refractivity contribution < 1.29 is 13.6 Å². The standard InChI is InChI=1S/C14H18F2N2O.ClH/c1-9(11-3-2-4-12(15)13(11)16)18-14(19)10-5-7-17-8-6-10;/h2-4,9-10,17H,5-8H2,1H3,(H,18,19);1H. The average molecular weight is 305 g/mol. The summed E-state index contributed by atoms with van der Waals surface area (Å²) in [7, 11) is 0. The van der Waals surface area contributed by atoms with Crippen LogP contribution in [0.4, 0.5) is 8.78 Å². The van der Waals surface area contributed by atoms with Gasteiger partial charge >= 0.3 is 0 Å². The number of benzene rings is 1. The molecule has 20 heavy (non-hydrogen) atoms. The van der Waals surface area contributed by atoms with Crippen molar-refractivity contribution in [2.45, 2.75) is 25.8 Å². The monoisotopic (exact) mass is 304 g/mol. The molecule has 0 saturated carbocycles. The molecule has 0 aliphatic carbocycles. The van der Waals surface area contributed by atoms with E-state index in [1.807, 2.05) is 0 Å². The van der Waals surface area contributed by atoms with Gasteiger partial charge in [-0.2, -0.15) is 0 Å². The van der Waals surface area contributed by atoms with Crippen LogP contribution >= 0.6 is 12.4 Å². The third kappa shape index (κ3) is 3.90. The van der Waals surface area contributed by atoms with Crippen molar-refractivity contribution in [3.8, 4) is 0 Å². The molecule has 3 nitrogen and oxygen atoms in total. The van der Waals surface area contributed by atoms with E-state index in [9.17, 15) is 13.6 Å². The number of piperidine rings is 1. The molecule has 0 aromatic heterocycles. The quantitative estimate of drug-likeness (QED) is 0.901. The number of amides is 1. The van der Waals surface area contributed by atoms with Crippen LogP contribution in [-0.2, 0) is 4.79 Å². The molecule has 1 atom stereocenters. The van der Waals surface area contributed by atoms with E-state index in [0.29, 0.717) is 0 Å². The van der Waals surface area contributed by atoms with Crippen LogP contribution in [0.1, 0.15) is 31.4 Å². The van der Waals surface area contributed by atoms with Gasteiger partial charge in [-0.15, -0.1) is 12.4 Å². The molecule has 1 heterocycles.